The topological polar surface area (TPSA) is 67.9 Å². The highest BCUT2D eigenvalue weighted by Gasteiger charge is 2.22. The Kier molecular flexibility index (Phi) is 6.76. The number of sulfonamides is 1. The smallest absolute Gasteiger partial charge is 0.240 e. The van der Waals surface area contributed by atoms with Crippen molar-refractivity contribution < 1.29 is 17.9 Å². The molecule has 2 aromatic rings. The van der Waals surface area contributed by atoms with Crippen molar-refractivity contribution in [3.63, 3.8) is 0 Å². The first kappa shape index (κ1) is 20.8. The summed E-state index contributed by atoms with van der Waals surface area (Å²) in [6.45, 7) is 0.423. The zero-order valence-corrected chi connectivity index (χ0v) is 16.7. The van der Waals surface area contributed by atoms with E-state index < -0.39 is 10.0 Å². The number of benzene rings is 2. The maximum atomic E-state index is 12.5. The largest absolute Gasteiger partial charge is 0.454 e. The van der Waals surface area contributed by atoms with E-state index in [0.29, 0.717) is 16.5 Å². The molecule has 142 valence electrons. The Labute approximate surface area is 164 Å². The number of hydrogen-bond donors (Lipinski definition) is 1. The normalized spacial score (nSPS) is 14.2. The number of nitrogens with zero attached hydrogens (tertiary/aromatic N) is 1. The van der Waals surface area contributed by atoms with Crippen molar-refractivity contribution in [3.8, 4) is 11.5 Å². The Morgan fingerprint density at radius 1 is 1.12 bits per heavy atom. The van der Waals surface area contributed by atoms with Gasteiger partial charge in [0.25, 0.3) is 0 Å². The van der Waals surface area contributed by atoms with E-state index in [1.54, 1.807) is 12.1 Å². The van der Waals surface area contributed by atoms with Gasteiger partial charge in [0, 0.05) is 17.6 Å². The van der Waals surface area contributed by atoms with Gasteiger partial charge in [0.2, 0.25) is 16.8 Å². The van der Waals surface area contributed by atoms with Crippen LogP contribution in [-0.4, -0.2) is 40.8 Å². The second-order valence-corrected chi connectivity index (χ2v) is 8.10. The van der Waals surface area contributed by atoms with Gasteiger partial charge in [-0.3, -0.25) is 0 Å². The van der Waals surface area contributed by atoms with Gasteiger partial charge < -0.3 is 14.4 Å². The summed E-state index contributed by atoms with van der Waals surface area (Å²) in [6.07, 6.45) is 0. The first-order valence-electron chi connectivity index (χ1n) is 7.68. The predicted octanol–water partition coefficient (Wildman–Crippen LogP) is 3.07. The summed E-state index contributed by atoms with van der Waals surface area (Å²) in [5.41, 5.74) is 0.938. The number of ether oxygens (including phenoxy) is 2. The summed E-state index contributed by atoms with van der Waals surface area (Å²) in [7, 11) is 0.173. The molecule has 0 aromatic heterocycles. The molecule has 1 heterocycles. The molecular formula is C17H20Cl2N2O4S. The molecule has 0 bridgehead atoms. The molecule has 3 rings (SSSR count). The summed E-state index contributed by atoms with van der Waals surface area (Å²) >= 11 is 5.81. The molecule has 0 saturated heterocycles. The van der Waals surface area contributed by atoms with E-state index in [1.165, 1.54) is 12.1 Å². The molecule has 9 heteroatoms. The van der Waals surface area contributed by atoms with Gasteiger partial charge in [-0.05, 0) is 56.1 Å². The maximum Gasteiger partial charge on any atom is 0.240 e. The molecule has 0 fully saturated rings. The van der Waals surface area contributed by atoms with E-state index in [1.807, 2.05) is 37.2 Å². The molecule has 1 aliphatic heterocycles. The third-order valence-corrected chi connectivity index (χ3v) is 5.69. The lowest BCUT2D eigenvalue weighted by molar-refractivity contribution is 0.174. The molecule has 0 radical (unpaired) electrons. The summed E-state index contributed by atoms with van der Waals surface area (Å²) < 4.78 is 38.3. The van der Waals surface area contributed by atoms with E-state index >= 15 is 0 Å². The van der Waals surface area contributed by atoms with Crippen LogP contribution < -0.4 is 14.2 Å². The van der Waals surface area contributed by atoms with Crippen LogP contribution in [0.25, 0.3) is 0 Å². The highest BCUT2D eigenvalue weighted by molar-refractivity contribution is 7.89. The van der Waals surface area contributed by atoms with Crippen LogP contribution in [0.5, 0.6) is 11.5 Å². The van der Waals surface area contributed by atoms with Crippen LogP contribution in [0.15, 0.2) is 47.4 Å². The Morgan fingerprint density at radius 2 is 1.77 bits per heavy atom. The van der Waals surface area contributed by atoms with E-state index in [4.69, 9.17) is 21.1 Å². The molecule has 26 heavy (non-hydrogen) atoms. The zero-order valence-electron chi connectivity index (χ0n) is 14.3. The molecule has 2 aromatic carbocycles. The number of likely N-dealkylation sites (N-methyl/N-ethyl adjacent to an activating group) is 1. The predicted molar refractivity (Wildman–Crippen MR) is 103 cm³/mol. The Hall–Kier alpha value is -1.51. The molecule has 1 unspecified atom stereocenters. The van der Waals surface area contributed by atoms with Gasteiger partial charge >= 0.3 is 0 Å². The van der Waals surface area contributed by atoms with Gasteiger partial charge in [-0.1, -0.05) is 17.7 Å². The van der Waals surface area contributed by atoms with Gasteiger partial charge in [-0.25, -0.2) is 13.1 Å². The lowest BCUT2D eigenvalue weighted by atomic mass is 10.1. The van der Waals surface area contributed by atoms with Crippen LogP contribution in [0.2, 0.25) is 5.02 Å². The molecule has 0 amide bonds. The van der Waals surface area contributed by atoms with E-state index in [0.717, 1.165) is 5.56 Å². The van der Waals surface area contributed by atoms with Crippen molar-refractivity contribution in [3.05, 3.63) is 53.1 Å². The zero-order chi connectivity index (χ0) is 18.0. The van der Waals surface area contributed by atoms with E-state index in [-0.39, 0.29) is 36.7 Å². The maximum absolute atomic E-state index is 12.5. The average molecular weight is 419 g/mol. The van der Waals surface area contributed by atoms with Gasteiger partial charge in [-0.15, -0.1) is 12.4 Å². The SMILES string of the molecule is CN(C)C(CNS(=O)(=O)c1ccc(Cl)cc1)c1ccc2c(c1)OCO2.Cl. The molecule has 0 spiro atoms. The number of halogens is 2. The fourth-order valence-electron chi connectivity index (χ4n) is 2.60. The van der Waals surface area contributed by atoms with E-state index in [9.17, 15) is 8.42 Å². The van der Waals surface area contributed by atoms with Crippen LogP contribution in [0.3, 0.4) is 0 Å². The minimum atomic E-state index is -3.62. The van der Waals surface area contributed by atoms with Gasteiger partial charge in [-0.2, -0.15) is 0 Å². The fourth-order valence-corrected chi connectivity index (χ4v) is 3.77. The fraction of sp³-hybridized carbons (Fsp3) is 0.294. The third kappa shape index (κ3) is 4.61. The van der Waals surface area contributed by atoms with Crippen molar-refractivity contribution in [2.24, 2.45) is 0 Å². The van der Waals surface area contributed by atoms with Crippen molar-refractivity contribution in [1.82, 2.24) is 9.62 Å². The van der Waals surface area contributed by atoms with Crippen LogP contribution in [0, 0.1) is 0 Å². The summed E-state index contributed by atoms with van der Waals surface area (Å²) in [4.78, 5) is 2.13. The van der Waals surface area contributed by atoms with Gasteiger partial charge in [0.15, 0.2) is 11.5 Å². The summed E-state index contributed by atoms with van der Waals surface area (Å²) in [6, 6.07) is 11.5. The molecule has 1 atom stereocenters. The van der Waals surface area contributed by atoms with Gasteiger partial charge in [0.1, 0.15) is 0 Å². The highest BCUT2D eigenvalue weighted by atomic mass is 35.5. The number of hydrogen-bond acceptors (Lipinski definition) is 5. The molecule has 0 aliphatic carbocycles. The molecular weight excluding hydrogens is 399 g/mol. The van der Waals surface area contributed by atoms with Crippen LogP contribution in [-0.2, 0) is 10.0 Å². The third-order valence-electron chi connectivity index (χ3n) is 4.00. The number of nitrogens with one attached hydrogen (secondary N) is 1. The standard InChI is InChI=1S/C17H19ClN2O4S.ClH/c1-20(2)15(12-3-8-16-17(9-12)24-11-23-16)10-19-25(21,22)14-6-4-13(18)5-7-14;/h3-9,15,19H,10-11H2,1-2H3;1H. The monoisotopic (exact) mass is 418 g/mol. The number of fused-ring (bicyclic) bond motifs is 1. The molecule has 6 nitrogen and oxygen atoms in total. The molecule has 0 saturated carbocycles. The summed E-state index contributed by atoms with van der Waals surface area (Å²) in [5, 5.41) is 0.491. The van der Waals surface area contributed by atoms with Crippen molar-refractivity contribution in [1.29, 1.82) is 0 Å². The lowest BCUT2D eigenvalue weighted by Gasteiger charge is -2.25. The Balaban J connectivity index is 0.00000243. The quantitative estimate of drug-likeness (QED) is 0.780. The first-order chi connectivity index (χ1) is 11.9. The summed E-state index contributed by atoms with van der Waals surface area (Å²) in [5.74, 6) is 1.37. The minimum absolute atomic E-state index is 0. The lowest BCUT2D eigenvalue weighted by Crippen LogP contribution is -2.34. The van der Waals surface area contributed by atoms with Crippen molar-refractivity contribution >= 4 is 34.0 Å². The second kappa shape index (κ2) is 8.45. The van der Waals surface area contributed by atoms with Gasteiger partial charge in [0.05, 0.1) is 4.90 Å². The van der Waals surface area contributed by atoms with Crippen molar-refractivity contribution in [2.45, 2.75) is 10.9 Å². The molecule has 1 aliphatic rings. The van der Waals surface area contributed by atoms with E-state index in [2.05, 4.69) is 4.72 Å². The van der Waals surface area contributed by atoms with Crippen LogP contribution in [0.1, 0.15) is 11.6 Å². The first-order valence-corrected chi connectivity index (χ1v) is 9.54. The Bertz CT molecular complexity index is 858. The second-order valence-electron chi connectivity index (χ2n) is 5.90. The number of rotatable bonds is 6. The van der Waals surface area contributed by atoms with Crippen molar-refractivity contribution in [2.75, 3.05) is 27.4 Å². The average Bonchev–Trinajstić information content (AvgIpc) is 3.02. The highest BCUT2D eigenvalue weighted by Crippen LogP contribution is 2.35. The van der Waals surface area contributed by atoms with Crippen LogP contribution >= 0.6 is 24.0 Å². The molecule has 1 N–H and O–H groups in total. The van der Waals surface area contributed by atoms with Crippen LogP contribution in [0.4, 0.5) is 0 Å². The Morgan fingerprint density at radius 3 is 2.42 bits per heavy atom. The minimum Gasteiger partial charge on any atom is -0.454 e.